The molecule has 0 aromatic carbocycles. The highest BCUT2D eigenvalue weighted by atomic mass is 16.2. The summed E-state index contributed by atoms with van der Waals surface area (Å²) in [7, 11) is 0. The van der Waals surface area contributed by atoms with E-state index in [0.717, 1.165) is 51.5 Å². The fourth-order valence-corrected chi connectivity index (χ4v) is 4.26. The van der Waals surface area contributed by atoms with Gasteiger partial charge in [-0.15, -0.1) is 0 Å². The van der Waals surface area contributed by atoms with Crippen LogP contribution in [0.5, 0.6) is 0 Å². The lowest BCUT2D eigenvalue weighted by atomic mass is 9.81. The quantitative estimate of drug-likeness (QED) is 0.621. The Balaban J connectivity index is 1.75. The minimum Gasteiger partial charge on any atom is -0.356 e. The highest BCUT2D eigenvalue weighted by Crippen LogP contribution is 2.32. The molecule has 3 amide bonds. The predicted molar refractivity (Wildman–Crippen MR) is 107 cm³/mol. The summed E-state index contributed by atoms with van der Waals surface area (Å²) in [5.41, 5.74) is 0. The summed E-state index contributed by atoms with van der Waals surface area (Å²) in [6.07, 6.45) is 6.94. The third-order valence-electron chi connectivity index (χ3n) is 6.01. The molecule has 0 radical (unpaired) electrons. The van der Waals surface area contributed by atoms with Gasteiger partial charge < -0.3 is 5.32 Å². The second-order valence-electron chi connectivity index (χ2n) is 9.43. The second kappa shape index (κ2) is 10.2. The van der Waals surface area contributed by atoms with Crippen LogP contribution in [0.2, 0.25) is 0 Å². The van der Waals surface area contributed by atoms with Crippen molar-refractivity contribution in [3.8, 4) is 0 Å². The van der Waals surface area contributed by atoms with E-state index in [9.17, 15) is 14.4 Å². The first-order valence-corrected chi connectivity index (χ1v) is 10.9. The van der Waals surface area contributed by atoms with Gasteiger partial charge >= 0.3 is 0 Å². The molecule has 2 aliphatic rings. The number of nitrogens with zero attached hydrogens (tertiary/aromatic N) is 1. The number of hydrogen-bond acceptors (Lipinski definition) is 3. The summed E-state index contributed by atoms with van der Waals surface area (Å²) in [5, 5.41) is 3.03. The molecule has 27 heavy (non-hydrogen) atoms. The van der Waals surface area contributed by atoms with Gasteiger partial charge in [-0.05, 0) is 49.9 Å². The van der Waals surface area contributed by atoms with E-state index in [-0.39, 0.29) is 29.6 Å². The summed E-state index contributed by atoms with van der Waals surface area (Å²) < 4.78 is 0. The Morgan fingerprint density at radius 1 is 1.07 bits per heavy atom. The summed E-state index contributed by atoms with van der Waals surface area (Å²) in [6, 6.07) is 0. The first-order valence-electron chi connectivity index (χ1n) is 10.9. The van der Waals surface area contributed by atoms with Gasteiger partial charge in [0.15, 0.2) is 0 Å². The van der Waals surface area contributed by atoms with Crippen molar-refractivity contribution in [2.24, 2.45) is 29.6 Å². The third-order valence-corrected chi connectivity index (χ3v) is 6.01. The van der Waals surface area contributed by atoms with Crippen LogP contribution in [0.1, 0.15) is 79.1 Å². The fourth-order valence-electron chi connectivity index (χ4n) is 4.26. The molecule has 1 N–H and O–H groups in total. The van der Waals surface area contributed by atoms with Gasteiger partial charge in [-0.25, -0.2) is 0 Å². The van der Waals surface area contributed by atoms with E-state index in [1.54, 1.807) is 0 Å². The fraction of sp³-hybridized carbons (Fsp3) is 0.864. The molecule has 154 valence electrons. The highest BCUT2D eigenvalue weighted by molar-refractivity contribution is 6.03. The van der Waals surface area contributed by atoms with Crippen LogP contribution in [0, 0.1) is 29.6 Å². The van der Waals surface area contributed by atoms with Crippen LogP contribution in [-0.4, -0.2) is 35.7 Å². The number of hydrogen-bond donors (Lipinski definition) is 1. The Morgan fingerprint density at radius 3 is 2.33 bits per heavy atom. The first-order chi connectivity index (χ1) is 12.8. The molecule has 0 spiro atoms. The third kappa shape index (κ3) is 6.62. The molecular formula is C22H38N2O3. The molecule has 1 heterocycles. The van der Waals surface area contributed by atoms with Crippen molar-refractivity contribution in [3.63, 3.8) is 0 Å². The van der Waals surface area contributed by atoms with E-state index in [1.807, 2.05) is 0 Å². The Morgan fingerprint density at radius 2 is 1.74 bits per heavy atom. The van der Waals surface area contributed by atoms with E-state index in [0.29, 0.717) is 30.7 Å². The van der Waals surface area contributed by atoms with Gasteiger partial charge in [-0.3, -0.25) is 19.3 Å². The van der Waals surface area contributed by atoms with Crippen LogP contribution in [-0.2, 0) is 14.4 Å². The van der Waals surface area contributed by atoms with Crippen LogP contribution >= 0.6 is 0 Å². The number of carbonyl (C=O) groups is 3. The summed E-state index contributed by atoms with van der Waals surface area (Å²) in [5.74, 6) is 1.66. The number of rotatable bonds is 9. The number of imide groups is 1. The monoisotopic (exact) mass is 378 g/mol. The minimum atomic E-state index is -0.102. The van der Waals surface area contributed by atoms with E-state index in [2.05, 4.69) is 33.0 Å². The molecule has 1 atom stereocenters. The van der Waals surface area contributed by atoms with Crippen molar-refractivity contribution >= 4 is 17.7 Å². The Bertz CT molecular complexity index is 522. The molecule has 0 bridgehead atoms. The maximum Gasteiger partial charge on any atom is 0.232 e. The van der Waals surface area contributed by atoms with Gasteiger partial charge in [-0.1, -0.05) is 40.5 Å². The second-order valence-corrected chi connectivity index (χ2v) is 9.43. The van der Waals surface area contributed by atoms with Gasteiger partial charge in [0.25, 0.3) is 0 Å². The maximum atomic E-state index is 12.6. The smallest absolute Gasteiger partial charge is 0.232 e. The molecular weight excluding hydrogens is 340 g/mol. The molecule has 5 nitrogen and oxygen atoms in total. The molecule has 1 saturated heterocycles. The molecule has 1 aliphatic heterocycles. The number of likely N-dealkylation sites (tertiary alicyclic amines) is 1. The standard InChI is InChI=1S/C22H38N2O3/c1-15(2)6-5-7-19-12-20(25)24(22(19)27)14-17-8-10-18(11-9-17)21(26)23-13-16(3)4/h15-19H,5-14H2,1-4H3,(H,23,26). The first kappa shape index (κ1) is 21.9. The number of carbonyl (C=O) groups excluding carboxylic acids is 3. The highest BCUT2D eigenvalue weighted by Gasteiger charge is 2.39. The summed E-state index contributed by atoms with van der Waals surface area (Å²) >= 11 is 0. The molecule has 1 aliphatic carbocycles. The van der Waals surface area contributed by atoms with Crippen molar-refractivity contribution in [1.82, 2.24) is 10.2 Å². The zero-order valence-corrected chi connectivity index (χ0v) is 17.6. The van der Waals surface area contributed by atoms with Crippen molar-refractivity contribution in [2.75, 3.05) is 13.1 Å². The normalized spacial score (nSPS) is 26.3. The molecule has 1 saturated carbocycles. The van der Waals surface area contributed by atoms with Gasteiger partial charge in [0.05, 0.1) is 0 Å². The van der Waals surface area contributed by atoms with Crippen molar-refractivity contribution in [3.05, 3.63) is 0 Å². The Kier molecular flexibility index (Phi) is 8.30. The summed E-state index contributed by atoms with van der Waals surface area (Å²) in [6.45, 7) is 9.85. The lowest BCUT2D eigenvalue weighted by molar-refractivity contribution is -0.140. The molecule has 0 aromatic rings. The molecule has 0 aromatic heterocycles. The largest absolute Gasteiger partial charge is 0.356 e. The van der Waals surface area contributed by atoms with E-state index >= 15 is 0 Å². The van der Waals surface area contributed by atoms with Crippen molar-refractivity contribution in [1.29, 1.82) is 0 Å². The Hall–Kier alpha value is -1.39. The minimum absolute atomic E-state index is 0.00588. The number of nitrogens with one attached hydrogen (secondary N) is 1. The molecule has 1 unspecified atom stereocenters. The Labute approximate surface area is 164 Å². The van der Waals surface area contributed by atoms with Gasteiger partial charge in [0, 0.05) is 31.3 Å². The van der Waals surface area contributed by atoms with Crippen LogP contribution < -0.4 is 5.32 Å². The van der Waals surface area contributed by atoms with Crippen LogP contribution in [0.25, 0.3) is 0 Å². The van der Waals surface area contributed by atoms with Gasteiger partial charge in [0.1, 0.15) is 0 Å². The van der Waals surface area contributed by atoms with Crippen LogP contribution in [0.15, 0.2) is 0 Å². The zero-order valence-electron chi connectivity index (χ0n) is 17.6. The van der Waals surface area contributed by atoms with Crippen molar-refractivity contribution in [2.45, 2.75) is 79.1 Å². The van der Waals surface area contributed by atoms with Crippen molar-refractivity contribution < 1.29 is 14.4 Å². The molecule has 2 rings (SSSR count). The average molecular weight is 379 g/mol. The topological polar surface area (TPSA) is 66.5 Å². The predicted octanol–water partition coefficient (Wildman–Crippen LogP) is 3.77. The van der Waals surface area contributed by atoms with Gasteiger partial charge in [0.2, 0.25) is 17.7 Å². The van der Waals surface area contributed by atoms with Gasteiger partial charge in [-0.2, -0.15) is 0 Å². The van der Waals surface area contributed by atoms with E-state index in [1.165, 1.54) is 4.90 Å². The lowest BCUT2D eigenvalue weighted by Gasteiger charge is -2.30. The zero-order chi connectivity index (χ0) is 20.0. The lowest BCUT2D eigenvalue weighted by Crippen LogP contribution is -2.39. The maximum absolute atomic E-state index is 12.6. The molecule has 2 fully saturated rings. The van der Waals surface area contributed by atoms with Crippen LogP contribution in [0.4, 0.5) is 0 Å². The number of amides is 3. The average Bonchev–Trinajstić information content (AvgIpc) is 2.87. The molecule has 5 heteroatoms. The SMILES string of the molecule is CC(C)CCCC1CC(=O)N(CC2CCC(C(=O)NCC(C)C)CC2)C1=O. The van der Waals surface area contributed by atoms with E-state index in [4.69, 9.17) is 0 Å². The van der Waals surface area contributed by atoms with E-state index < -0.39 is 0 Å². The summed E-state index contributed by atoms with van der Waals surface area (Å²) in [4.78, 5) is 38.7. The van der Waals surface area contributed by atoms with Crippen LogP contribution in [0.3, 0.4) is 0 Å².